The standard InChI is InChI=1S/C16H16BrCl2NS/c1-2-20-16(11-6-7-14(18)15(19)8-11)10-21-13-5-3-4-12(17)9-13/h3-9,16,20H,2,10H2,1H3. The maximum atomic E-state index is 6.12. The molecule has 1 atom stereocenters. The van der Waals surface area contributed by atoms with Crippen molar-refractivity contribution in [1.82, 2.24) is 5.32 Å². The van der Waals surface area contributed by atoms with Crippen LogP contribution in [0, 0.1) is 0 Å². The van der Waals surface area contributed by atoms with E-state index in [-0.39, 0.29) is 6.04 Å². The van der Waals surface area contributed by atoms with Gasteiger partial charge in [0.05, 0.1) is 10.0 Å². The van der Waals surface area contributed by atoms with Crippen molar-refractivity contribution >= 4 is 50.9 Å². The van der Waals surface area contributed by atoms with Crippen LogP contribution in [-0.2, 0) is 0 Å². The van der Waals surface area contributed by atoms with Gasteiger partial charge < -0.3 is 5.32 Å². The number of nitrogens with one attached hydrogen (secondary N) is 1. The Bertz CT molecular complexity index is 607. The third kappa shape index (κ3) is 5.19. The van der Waals surface area contributed by atoms with Crippen molar-refractivity contribution < 1.29 is 0 Å². The zero-order valence-corrected chi connectivity index (χ0v) is 15.5. The molecule has 0 aliphatic rings. The minimum absolute atomic E-state index is 0.244. The summed E-state index contributed by atoms with van der Waals surface area (Å²) in [5.74, 6) is 0.933. The van der Waals surface area contributed by atoms with Crippen LogP contribution in [0.15, 0.2) is 51.8 Å². The molecule has 0 fully saturated rings. The van der Waals surface area contributed by atoms with Crippen LogP contribution in [0.3, 0.4) is 0 Å². The van der Waals surface area contributed by atoms with Gasteiger partial charge in [-0.25, -0.2) is 0 Å². The predicted molar refractivity (Wildman–Crippen MR) is 97.7 cm³/mol. The molecule has 2 aromatic rings. The van der Waals surface area contributed by atoms with Gasteiger partial charge in [-0.3, -0.25) is 0 Å². The third-order valence-corrected chi connectivity index (χ3v) is 5.33. The fourth-order valence-electron chi connectivity index (χ4n) is 1.98. The van der Waals surface area contributed by atoms with Gasteiger partial charge in [-0.15, -0.1) is 11.8 Å². The van der Waals surface area contributed by atoms with Crippen LogP contribution in [0.2, 0.25) is 10.0 Å². The second-order valence-corrected chi connectivity index (χ2v) is 7.38. The van der Waals surface area contributed by atoms with Crippen molar-refractivity contribution in [1.29, 1.82) is 0 Å². The monoisotopic (exact) mass is 403 g/mol. The number of thioether (sulfide) groups is 1. The summed E-state index contributed by atoms with van der Waals surface area (Å²) in [6, 6.07) is 14.4. The molecule has 0 aliphatic heterocycles. The first-order valence-corrected chi connectivity index (χ1v) is 9.20. The summed E-state index contributed by atoms with van der Waals surface area (Å²) in [5, 5.41) is 4.69. The predicted octanol–water partition coefficient (Wildman–Crippen LogP) is 6.20. The molecule has 0 aromatic heterocycles. The van der Waals surface area contributed by atoms with Gasteiger partial charge in [0.15, 0.2) is 0 Å². The molecule has 1 unspecified atom stereocenters. The summed E-state index contributed by atoms with van der Waals surface area (Å²) in [5.41, 5.74) is 1.16. The highest BCUT2D eigenvalue weighted by atomic mass is 79.9. The van der Waals surface area contributed by atoms with E-state index in [9.17, 15) is 0 Å². The Morgan fingerprint density at radius 2 is 1.95 bits per heavy atom. The number of halogens is 3. The molecule has 0 heterocycles. The van der Waals surface area contributed by atoms with Crippen molar-refractivity contribution in [3.63, 3.8) is 0 Å². The average Bonchev–Trinajstić information content (AvgIpc) is 2.46. The van der Waals surface area contributed by atoms with Crippen LogP contribution in [0.25, 0.3) is 0 Å². The quantitative estimate of drug-likeness (QED) is 0.575. The highest BCUT2D eigenvalue weighted by Crippen LogP contribution is 2.30. The molecule has 0 saturated heterocycles. The molecular weight excluding hydrogens is 389 g/mol. The first kappa shape index (κ1) is 17.2. The zero-order chi connectivity index (χ0) is 15.2. The van der Waals surface area contributed by atoms with Crippen molar-refractivity contribution in [3.8, 4) is 0 Å². The molecule has 21 heavy (non-hydrogen) atoms. The highest BCUT2D eigenvalue weighted by molar-refractivity contribution is 9.10. The van der Waals surface area contributed by atoms with E-state index in [4.69, 9.17) is 23.2 Å². The van der Waals surface area contributed by atoms with Crippen molar-refractivity contribution in [2.24, 2.45) is 0 Å². The SMILES string of the molecule is CCNC(CSc1cccc(Br)c1)c1ccc(Cl)c(Cl)c1. The molecule has 2 rings (SSSR count). The third-order valence-electron chi connectivity index (χ3n) is 3.01. The molecule has 1 nitrogen and oxygen atoms in total. The lowest BCUT2D eigenvalue weighted by Crippen LogP contribution is -2.22. The summed E-state index contributed by atoms with van der Waals surface area (Å²) < 4.78 is 1.10. The Labute approximate surface area is 148 Å². The first-order valence-electron chi connectivity index (χ1n) is 6.67. The van der Waals surface area contributed by atoms with Gasteiger partial charge in [-0.1, -0.05) is 58.2 Å². The lowest BCUT2D eigenvalue weighted by molar-refractivity contribution is 0.606. The number of hydrogen-bond acceptors (Lipinski definition) is 2. The maximum absolute atomic E-state index is 6.12. The first-order chi connectivity index (χ1) is 10.1. The number of rotatable bonds is 6. The van der Waals surface area contributed by atoms with Crippen LogP contribution in [0.5, 0.6) is 0 Å². The lowest BCUT2D eigenvalue weighted by Gasteiger charge is -2.18. The van der Waals surface area contributed by atoms with Crippen LogP contribution in [0.4, 0.5) is 0 Å². The highest BCUT2D eigenvalue weighted by Gasteiger charge is 2.12. The molecular formula is C16H16BrCl2NS. The normalized spacial score (nSPS) is 12.4. The van der Waals surface area contributed by atoms with Crippen molar-refractivity contribution in [2.75, 3.05) is 12.3 Å². The van der Waals surface area contributed by atoms with E-state index in [1.807, 2.05) is 42.1 Å². The van der Waals surface area contributed by atoms with Gasteiger partial charge in [0.25, 0.3) is 0 Å². The van der Waals surface area contributed by atoms with Gasteiger partial charge in [0.2, 0.25) is 0 Å². The second kappa shape index (κ2) is 8.44. The molecule has 0 saturated carbocycles. The largest absolute Gasteiger partial charge is 0.309 e. The van der Waals surface area contributed by atoms with E-state index in [1.54, 1.807) is 0 Å². The Morgan fingerprint density at radius 1 is 1.14 bits per heavy atom. The van der Waals surface area contributed by atoms with E-state index in [1.165, 1.54) is 4.90 Å². The van der Waals surface area contributed by atoms with Crippen molar-refractivity contribution in [3.05, 3.63) is 62.5 Å². The Morgan fingerprint density at radius 3 is 2.62 bits per heavy atom. The Kier molecular flexibility index (Phi) is 6.90. The van der Waals surface area contributed by atoms with Crippen LogP contribution in [0.1, 0.15) is 18.5 Å². The van der Waals surface area contributed by atoms with Crippen LogP contribution >= 0.6 is 50.9 Å². The summed E-state index contributed by atoms with van der Waals surface area (Å²) in [6.45, 7) is 3.01. The Hall–Kier alpha value is -0.190. The molecule has 0 bridgehead atoms. The van der Waals surface area contributed by atoms with Gasteiger partial charge in [-0.2, -0.15) is 0 Å². The number of hydrogen-bond donors (Lipinski definition) is 1. The minimum atomic E-state index is 0.244. The molecule has 0 radical (unpaired) electrons. The zero-order valence-electron chi connectivity index (χ0n) is 11.6. The van der Waals surface area contributed by atoms with Gasteiger partial charge >= 0.3 is 0 Å². The smallest absolute Gasteiger partial charge is 0.0595 e. The lowest BCUT2D eigenvalue weighted by atomic mass is 10.1. The van der Waals surface area contributed by atoms with E-state index in [2.05, 4.69) is 40.3 Å². The van der Waals surface area contributed by atoms with Crippen molar-refractivity contribution in [2.45, 2.75) is 17.9 Å². The fourth-order valence-corrected chi connectivity index (χ4v) is 3.90. The molecule has 0 spiro atoms. The summed E-state index contributed by atoms with van der Waals surface area (Å²) >= 11 is 17.4. The van der Waals surface area contributed by atoms with Gasteiger partial charge in [0, 0.05) is 21.2 Å². The molecule has 5 heteroatoms. The fraction of sp³-hybridized carbons (Fsp3) is 0.250. The van der Waals surface area contributed by atoms with Crippen LogP contribution in [-0.4, -0.2) is 12.3 Å². The number of benzene rings is 2. The van der Waals surface area contributed by atoms with Gasteiger partial charge in [-0.05, 0) is 42.4 Å². The Balaban J connectivity index is 2.09. The van der Waals surface area contributed by atoms with Crippen LogP contribution < -0.4 is 5.32 Å². The minimum Gasteiger partial charge on any atom is -0.309 e. The van der Waals surface area contributed by atoms with E-state index in [0.29, 0.717) is 10.0 Å². The van der Waals surface area contributed by atoms with E-state index >= 15 is 0 Å². The summed E-state index contributed by atoms with van der Waals surface area (Å²) in [7, 11) is 0. The topological polar surface area (TPSA) is 12.0 Å². The molecule has 2 aromatic carbocycles. The second-order valence-electron chi connectivity index (χ2n) is 4.55. The molecule has 0 amide bonds. The summed E-state index contributed by atoms with van der Waals surface area (Å²) in [6.07, 6.45) is 0. The van der Waals surface area contributed by atoms with Gasteiger partial charge in [0.1, 0.15) is 0 Å². The average molecular weight is 405 g/mol. The molecule has 0 aliphatic carbocycles. The molecule has 112 valence electrons. The van der Waals surface area contributed by atoms with E-state index in [0.717, 1.165) is 22.3 Å². The molecule has 1 N–H and O–H groups in total. The maximum Gasteiger partial charge on any atom is 0.0595 e. The summed E-state index contributed by atoms with van der Waals surface area (Å²) in [4.78, 5) is 1.24. The van der Waals surface area contributed by atoms with E-state index < -0.39 is 0 Å².